The monoisotopic (exact) mass is 99.1 g/mol. The summed E-state index contributed by atoms with van der Waals surface area (Å²) in [7, 11) is 0. The molecule has 0 rings (SSSR count). The fraction of sp³-hybridized carbons (Fsp3) is 0.667. The Kier molecular flexibility index (Phi) is 2.68. The van der Waals surface area contributed by atoms with Crippen LogP contribution < -0.4 is 5.73 Å². The van der Waals surface area contributed by atoms with Crippen LogP contribution in [0.5, 0.6) is 0 Å². The largest absolute Gasteiger partial charge is 0.324 e. The lowest BCUT2D eigenvalue weighted by atomic mass is 10.2. The lowest BCUT2D eigenvalue weighted by Crippen LogP contribution is -2.15. The average Bonchev–Trinajstić information content (AvgIpc) is 1.65. The summed E-state index contributed by atoms with van der Waals surface area (Å²) in [6.45, 7) is 6.01. The number of allylic oxidation sites excluding steroid dienone is 1. The van der Waals surface area contributed by atoms with Crippen LogP contribution in [0.1, 0.15) is 20.8 Å². The van der Waals surface area contributed by atoms with Crippen molar-refractivity contribution < 1.29 is 0 Å². The summed E-state index contributed by atoms with van der Waals surface area (Å²) in [6.07, 6.45) is 2.03. The molecule has 0 aliphatic carbocycles. The molecule has 7 heavy (non-hydrogen) atoms. The minimum Gasteiger partial charge on any atom is -0.324 e. The maximum atomic E-state index is 5.48. The molecule has 1 nitrogen and oxygen atoms in total. The van der Waals surface area contributed by atoms with E-state index in [0.29, 0.717) is 0 Å². The zero-order chi connectivity index (χ0) is 5.86. The fourth-order valence-corrected chi connectivity index (χ4v) is 0.263. The molecule has 1 heteroatoms. The van der Waals surface area contributed by atoms with Crippen LogP contribution >= 0.6 is 0 Å². The second-order valence-electron chi connectivity index (χ2n) is 1.82. The molecule has 0 saturated heterocycles. The summed E-state index contributed by atoms with van der Waals surface area (Å²) >= 11 is 0. The van der Waals surface area contributed by atoms with Crippen LogP contribution in [0.3, 0.4) is 0 Å². The normalized spacial score (nSPS) is 16.9. The van der Waals surface area contributed by atoms with Crippen molar-refractivity contribution >= 4 is 0 Å². The second kappa shape index (κ2) is 2.80. The van der Waals surface area contributed by atoms with Gasteiger partial charge in [-0.05, 0) is 20.8 Å². The van der Waals surface area contributed by atoms with Gasteiger partial charge in [-0.15, -0.1) is 0 Å². The molecule has 0 fully saturated rings. The highest BCUT2D eigenvalue weighted by Gasteiger charge is 1.90. The lowest BCUT2D eigenvalue weighted by molar-refractivity contribution is 0.858. The summed E-state index contributed by atoms with van der Waals surface area (Å²) in [6, 6.07) is 0.227. The third-order valence-electron chi connectivity index (χ3n) is 1.17. The predicted octanol–water partition coefficient (Wildman–Crippen LogP) is 1.30. The molecule has 0 bridgehead atoms. The van der Waals surface area contributed by atoms with Crippen LogP contribution in [0, 0.1) is 0 Å². The van der Waals surface area contributed by atoms with Crippen molar-refractivity contribution in [1.29, 1.82) is 0 Å². The lowest BCUT2D eigenvalue weighted by Gasteiger charge is -2.01. The van der Waals surface area contributed by atoms with Crippen molar-refractivity contribution in [3.05, 3.63) is 11.6 Å². The average molecular weight is 99.2 g/mol. The van der Waals surface area contributed by atoms with Gasteiger partial charge in [0.05, 0.1) is 0 Å². The molecule has 0 amide bonds. The van der Waals surface area contributed by atoms with Gasteiger partial charge in [0, 0.05) is 6.04 Å². The van der Waals surface area contributed by atoms with E-state index in [1.54, 1.807) is 0 Å². The Morgan fingerprint density at radius 3 is 2.14 bits per heavy atom. The van der Waals surface area contributed by atoms with Gasteiger partial charge in [-0.3, -0.25) is 0 Å². The first kappa shape index (κ1) is 6.70. The van der Waals surface area contributed by atoms with Crippen molar-refractivity contribution in [1.82, 2.24) is 0 Å². The van der Waals surface area contributed by atoms with Crippen LogP contribution in [0.25, 0.3) is 0 Å². The Morgan fingerprint density at radius 1 is 1.71 bits per heavy atom. The molecule has 42 valence electrons. The maximum Gasteiger partial charge on any atom is 0.0221 e. The van der Waals surface area contributed by atoms with Gasteiger partial charge in [-0.1, -0.05) is 11.6 Å². The summed E-state index contributed by atoms with van der Waals surface area (Å²) < 4.78 is 0. The van der Waals surface area contributed by atoms with Gasteiger partial charge in [0.15, 0.2) is 0 Å². The molecule has 0 aliphatic heterocycles. The summed E-state index contributed by atoms with van der Waals surface area (Å²) in [4.78, 5) is 0. The first-order chi connectivity index (χ1) is 3.18. The predicted molar refractivity (Wildman–Crippen MR) is 33.1 cm³/mol. The van der Waals surface area contributed by atoms with Gasteiger partial charge in [0.25, 0.3) is 0 Å². The molecule has 2 N–H and O–H groups in total. The highest BCUT2D eigenvalue weighted by atomic mass is 14.6. The number of hydrogen-bond acceptors (Lipinski definition) is 1. The molecular weight excluding hydrogens is 86.1 g/mol. The van der Waals surface area contributed by atoms with Crippen LogP contribution in [-0.2, 0) is 0 Å². The van der Waals surface area contributed by atoms with E-state index in [9.17, 15) is 0 Å². The zero-order valence-corrected chi connectivity index (χ0v) is 5.23. The maximum absolute atomic E-state index is 5.48. The number of hydrogen-bond donors (Lipinski definition) is 1. The first-order valence-corrected chi connectivity index (χ1v) is 2.57. The van der Waals surface area contributed by atoms with Crippen LogP contribution in [0.15, 0.2) is 11.6 Å². The van der Waals surface area contributed by atoms with E-state index in [-0.39, 0.29) is 6.04 Å². The molecule has 0 spiro atoms. The minimum absolute atomic E-state index is 0.227. The van der Waals surface area contributed by atoms with E-state index < -0.39 is 0 Å². The third kappa shape index (κ3) is 2.40. The summed E-state index contributed by atoms with van der Waals surface area (Å²) in [5.41, 5.74) is 6.73. The van der Waals surface area contributed by atoms with Crippen molar-refractivity contribution in [3.8, 4) is 0 Å². The van der Waals surface area contributed by atoms with E-state index in [2.05, 4.69) is 0 Å². The Labute approximate surface area is 45.2 Å². The van der Waals surface area contributed by atoms with Gasteiger partial charge in [-0.2, -0.15) is 0 Å². The Morgan fingerprint density at radius 2 is 2.14 bits per heavy atom. The van der Waals surface area contributed by atoms with Gasteiger partial charge in [0.2, 0.25) is 0 Å². The number of rotatable bonds is 1. The molecular formula is C6H13N. The molecule has 0 heterocycles. The van der Waals surface area contributed by atoms with E-state index in [4.69, 9.17) is 5.73 Å². The molecule has 0 aromatic carbocycles. The van der Waals surface area contributed by atoms with E-state index >= 15 is 0 Å². The van der Waals surface area contributed by atoms with Crippen molar-refractivity contribution in [3.63, 3.8) is 0 Å². The Balaban J connectivity index is 3.56. The SMILES string of the molecule is C/C=C(\C)[C@H](C)N. The van der Waals surface area contributed by atoms with Gasteiger partial charge in [-0.25, -0.2) is 0 Å². The van der Waals surface area contributed by atoms with Gasteiger partial charge < -0.3 is 5.73 Å². The summed E-state index contributed by atoms with van der Waals surface area (Å²) in [5.74, 6) is 0. The van der Waals surface area contributed by atoms with Crippen molar-refractivity contribution in [2.24, 2.45) is 5.73 Å². The standard InChI is InChI=1S/C6H13N/c1-4-5(2)6(3)7/h4,6H,7H2,1-3H3/b5-4+/t6-/m0/s1. The fourth-order valence-electron chi connectivity index (χ4n) is 0.263. The van der Waals surface area contributed by atoms with Crippen LogP contribution in [0.2, 0.25) is 0 Å². The highest BCUT2D eigenvalue weighted by molar-refractivity contribution is 5.02. The third-order valence-corrected chi connectivity index (χ3v) is 1.17. The summed E-state index contributed by atoms with van der Waals surface area (Å²) in [5, 5.41) is 0. The van der Waals surface area contributed by atoms with E-state index in [0.717, 1.165) is 0 Å². The molecule has 0 aromatic rings. The molecule has 0 saturated carbocycles. The highest BCUT2D eigenvalue weighted by Crippen LogP contribution is 1.94. The molecule has 1 atom stereocenters. The number of nitrogens with two attached hydrogens (primary N) is 1. The van der Waals surface area contributed by atoms with E-state index in [1.807, 2.05) is 26.8 Å². The Bertz CT molecular complexity index is 72.2. The molecule has 0 radical (unpaired) electrons. The minimum atomic E-state index is 0.227. The quantitative estimate of drug-likeness (QED) is 0.493. The van der Waals surface area contributed by atoms with Crippen LogP contribution in [0.4, 0.5) is 0 Å². The molecule has 0 aliphatic rings. The van der Waals surface area contributed by atoms with Crippen molar-refractivity contribution in [2.75, 3.05) is 0 Å². The van der Waals surface area contributed by atoms with Crippen LogP contribution in [-0.4, -0.2) is 6.04 Å². The van der Waals surface area contributed by atoms with Gasteiger partial charge >= 0.3 is 0 Å². The van der Waals surface area contributed by atoms with Crippen molar-refractivity contribution in [2.45, 2.75) is 26.8 Å². The molecule has 0 aromatic heterocycles. The second-order valence-corrected chi connectivity index (χ2v) is 1.82. The molecule has 0 unspecified atom stereocenters. The van der Waals surface area contributed by atoms with E-state index in [1.165, 1.54) is 5.57 Å². The Hall–Kier alpha value is -0.300. The first-order valence-electron chi connectivity index (χ1n) is 2.57. The smallest absolute Gasteiger partial charge is 0.0221 e. The van der Waals surface area contributed by atoms with Gasteiger partial charge in [0.1, 0.15) is 0 Å². The topological polar surface area (TPSA) is 26.0 Å². The zero-order valence-electron chi connectivity index (χ0n) is 5.23.